The highest BCUT2D eigenvalue weighted by atomic mass is 16.5. The molecule has 0 aromatic heterocycles. The first kappa shape index (κ1) is 18.8. The Morgan fingerprint density at radius 3 is 2.73 bits per heavy atom. The molecule has 0 aliphatic carbocycles. The molecule has 3 nitrogen and oxygen atoms in total. The normalized spacial score (nSPS) is 23.7. The van der Waals surface area contributed by atoms with Crippen LogP contribution in [0.1, 0.15) is 37.8 Å². The van der Waals surface area contributed by atoms with Crippen molar-refractivity contribution in [1.29, 1.82) is 0 Å². The molecule has 3 rings (SSSR count). The van der Waals surface area contributed by atoms with Gasteiger partial charge in [0, 0.05) is 6.54 Å². The number of benzene rings is 2. The molecule has 0 amide bonds. The van der Waals surface area contributed by atoms with Gasteiger partial charge in [-0.25, -0.2) is 0 Å². The van der Waals surface area contributed by atoms with Crippen LogP contribution in [0.25, 0.3) is 0 Å². The smallest absolute Gasteiger partial charge is 0.122 e. The SMILES string of the molecule is COc1ccccc1CCCN1CC[C@](C)(c2cccc(O)c2)[C@H](C)C1. The maximum atomic E-state index is 9.84. The predicted molar refractivity (Wildman–Crippen MR) is 107 cm³/mol. The van der Waals surface area contributed by atoms with E-state index < -0.39 is 0 Å². The second-order valence-corrected chi connectivity index (χ2v) is 7.83. The van der Waals surface area contributed by atoms with Crippen LogP contribution in [0, 0.1) is 5.92 Å². The molecule has 2 atom stereocenters. The third-order valence-corrected chi connectivity index (χ3v) is 6.19. The summed E-state index contributed by atoms with van der Waals surface area (Å²) >= 11 is 0. The Hall–Kier alpha value is -2.00. The number of rotatable bonds is 6. The lowest BCUT2D eigenvalue weighted by atomic mass is 9.68. The fourth-order valence-corrected chi connectivity index (χ4v) is 4.21. The average molecular weight is 354 g/mol. The third kappa shape index (κ3) is 4.04. The van der Waals surface area contributed by atoms with Crippen molar-refractivity contribution in [3.63, 3.8) is 0 Å². The predicted octanol–water partition coefficient (Wildman–Crippen LogP) is 4.63. The van der Waals surface area contributed by atoms with Gasteiger partial charge in [-0.1, -0.05) is 44.2 Å². The van der Waals surface area contributed by atoms with Gasteiger partial charge >= 0.3 is 0 Å². The lowest BCUT2D eigenvalue weighted by Crippen LogP contribution is -2.47. The summed E-state index contributed by atoms with van der Waals surface area (Å²) in [6.07, 6.45) is 3.33. The minimum absolute atomic E-state index is 0.137. The van der Waals surface area contributed by atoms with Crippen molar-refractivity contribution >= 4 is 0 Å². The molecule has 3 heteroatoms. The van der Waals surface area contributed by atoms with Crippen molar-refractivity contribution in [2.45, 2.75) is 38.5 Å². The van der Waals surface area contributed by atoms with Gasteiger partial charge in [0.05, 0.1) is 7.11 Å². The lowest BCUT2D eigenvalue weighted by molar-refractivity contribution is 0.110. The van der Waals surface area contributed by atoms with Crippen molar-refractivity contribution in [2.75, 3.05) is 26.7 Å². The van der Waals surface area contributed by atoms with Crippen LogP contribution in [0.5, 0.6) is 11.5 Å². The molecule has 1 heterocycles. The van der Waals surface area contributed by atoms with E-state index in [0.717, 1.165) is 44.6 Å². The summed E-state index contributed by atoms with van der Waals surface area (Å²) in [7, 11) is 1.74. The average Bonchev–Trinajstić information content (AvgIpc) is 2.65. The zero-order valence-electron chi connectivity index (χ0n) is 16.2. The molecular weight excluding hydrogens is 322 g/mol. The molecule has 0 radical (unpaired) electrons. The van der Waals surface area contributed by atoms with Crippen LogP contribution in [0.2, 0.25) is 0 Å². The van der Waals surface area contributed by atoms with E-state index in [1.54, 1.807) is 13.2 Å². The van der Waals surface area contributed by atoms with Crippen molar-refractivity contribution in [1.82, 2.24) is 4.90 Å². The summed E-state index contributed by atoms with van der Waals surface area (Å²) in [6.45, 7) is 8.04. The largest absolute Gasteiger partial charge is 0.508 e. The Bertz CT molecular complexity index is 730. The standard InChI is InChI=1S/C23H31NO2/c1-18-17-24(14-7-9-19-8-4-5-12-22(19)26-3)15-13-23(18,2)20-10-6-11-21(25)16-20/h4-6,8,10-12,16,18,25H,7,9,13-15,17H2,1-3H3/t18-,23+/m1/s1. The fraction of sp³-hybridized carbons (Fsp3) is 0.478. The van der Waals surface area contributed by atoms with Gasteiger partial charge in [0.2, 0.25) is 0 Å². The maximum Gasteiger partial charge on any atom is 0.122 e. The van der Waals surface area contributed by atoms with Crippen LogP contribution in [0.3, 0.4) is 0 Å². The molecule has 0 bridgehead atoms. The minimum Gasteiger partial charge on any atom is -0.508 e. The van der Waals surface area contributed by atoms with E-state index in [1.165, 1.54) is 11.1 Å². The van der Waals surface area contributed by atoms with Gasteiger partial charge in [-0.3, -0.25) is 0 Å². The van der Waals surface area contributed by atoms with E-state index in [1.807, 2.05) is 24.3 Å². The number of methoxy groups -OCH3 is 1. The monoisotopic (exact) mass is 353 g/mol. The summed E-state index contributed by atoms with van der Waals surface area (Å²) in [4.78, 5) is 2.59. The minimum atomic E-state index is 0.137. The molecule has 0 spiro atoms. The van der Waals surface area contributed by atoms with E-state index >= 15 is 0 Å². The van der Waals surface area contributed by atoms with Gasteiger partial charge in [0.15, 0.2) is 0 Å². The summed E-state index contributed by atoms with van der Waals surface area (Å²) < 4.78 is 5.46. The zero-order valence-corrected chi connectivity index (χ0v) is 16.2. The molecule has 1 saturated heterocycles. The highest BCUT2D eigenvalue weighted by Gasteiger charge is 2.37. The van der Waals surface area contributed by atoms with Gasteiger partial charge in [0.1, 0.15) is 11.5 Å². The topological polar surface area (TPSA) is 32.7 Å². The van der Waals surface area contributed by atoms with Crippen molar-refractivity contribution in [3.8, 4) is 11.5 Å². The van der Waals surface area contributed by atoms with E-state index in [-0.39, 0.29) is 5.41 Å². The van der Waals surface area contributed by atoms with E-state index in [9.17, 15) is 5.11 Å². The molecule has 140 valence electrons. The fourth-order valence-electron chi connectivity index (χ4n) is 4.21. The Balaban J connectivity index is 1.55. The number of phenolic OH excluding ortho intramolecular Hbond substituents is 1. The molecule has 2 aromatic carbocycles. The summed E-state index contributed by atoms with van der Waals surface area (Å²) in [5, 5.41) is 9.84. The van der Waals surface area contributed by atoms with Gasteiger partial charge in [-0.2, -0.15) is 0 Å². The Morgan fingerprint density at radius 2 is 2.00 bits per heavy atom. The Labute approximate surface area is 157 Å². The molecular formula is C23H31NO2. The number of aryl methyl sites for hydroxylation is 1. The number of aromatic hydroxyl groups is 1. The van der Waals surface area contributed by atoms with Crippen LogP contribution in [0.15, 0.2) is 48.5 Å². The molecule has 1 aliphatic rings. The van der Waals surface area contributed by atoms with Crippen LogP contribution in [-0.2, 0) is 11.8 Å². The molecule has 0 saturated carbocycles. The second-order valence-electron chi connectivity index (χ2n) is 7.83. The van der Waals surface area contributed by atoms with Crippen LogP contribution >= 0.6 is 0 Å². The number of hydrogen-bond donors (Lipinski definition) is 1. The van der Waals surface area contributed by atoms with E-state index in [0.29, 0.717) is 11.7 Å². The first-order valence-corrected chi connectivity index (χ1v) is 9.66. The second kappa shape index (κ2) is 8.13. The first-order valence-electron chi connectivity index (χ1n) is 9.66. The van der Waals surface area contributed by atoms with Gasteiger partial charge in [-0.15, -0.1) is 0 Å². The number of nitrogens with zero attached hydrogens (tertiary/aromatic N) is 1. The van der Waals surface area contributed by atoms with Crippen molar-refractivity contribution in [2.24, 2.45) is 5.92 Å². The van der Waals surface area contributed by atoms with Crippen LogP contribution < -0.4 is 4.74 Å². The molecule has 1 fully saturated rings. The molecule has 2 aromatic rings. The maximum absolute atomic E-state index is 9.84. The Kier molecular flexibility index (Phi) is 5.87. The highest BCUT2D eigenvalue weighted by Crippen LogP contribution is 2.40. The summed E-state index contributed by atoms with van der Waals surface area (Å²) in [6, 6.07) is 16.1. The highest BCUT2D eigenvalue weighted by molar-refractivity contribution is 5.34. The number of likely N-dealkylation sites (tertiary alicyclic amines) is 1. The zero-order chi connectivity index (χ0) is 18.6. The van der Waals surface area contributed by atoms with Gasteiger partial charge in [0.25, 0.3) is 0 Å². The molecule has 1 aliphatic heterocycles. The van der Waals surface area contributed by atoms with Gasteiger partial charge < -0.3 is 14.7 Å². The molecule has 26 heavy (non-hydrogen) atoms. The van der Waals surface area contributed by atoms with Crippen LogP contribution in [-0.4, -0.2) is 36.8 Å². The van der Waals surface area contributed by atoms with Crippen molar-refractivity contribution < 1.29 is 9.84 Å². The number of para-hydroxylation sites is 1. The van der Waals surface area contributed by atoms with Crippen molar-refractivity contribution in [3.05, 3.63) is 59.7 Å². The summed E-state index contributed by atoms with van der Waals surface area (Å²) in [5.41, 5.74) is 2.70. The van der Waals surface area contributed by atoms with Crippen LogP contribution in [0.4, 0.5) is 0 Å². The number of ether oxygens (including phenoxy) is 1. The lowest BCUT2D eigenvalue weighted by Gasteiger charge is -2.45. The van der Waals surface area contributed by atoms with Gasteiger partial charge in [-0.05, 0) is 73.0 Å². The Morgan fingerprint density at radius 1 is 1.19 bits per heavy atom. The van der Waals surface area contributed by atoms with E-state index in [2.05, 4.69) is 36.9 Å². The molecule has 1 N–H and O–H groups in total. The molecule has 0 unspecified atom stereocenters. The number of phenols is 1. The quantitative estimate of drug-likeness (QED) is 0.822. The first-order chi connectivity index (χ1) is 12.5. The number of hydrogen-bond acceptors (Lipinski definition) is 3. The third-order valence-electron chi connectivity index (χ3n) is 6.19. The van der Waals surface area contributed by atoms with E-state index in [4.69, 9.17) is 4.74 Å². The number of piperidine rings is 1. The summed E-state index contributed by atoms with van der Waals surface area (Å²) in [5.74, 6) is 1.93.